The Bertz CT molecular complexity index is 358. The van der Waals surface area contributed by atoms with Crippen molar-refractivity contribution < 1.29 is 9.90 Å². The minimum atomic E-state index is -1.13. The van der Waals surface area contributed by atoms with Gasteiger partial charge in [-0.2, -0.15) is 5.26 Å². The van der Waals surface area contributed by atoms with E-state index < -0.39 is 6.09 Å². The summed E-state index contributed by atoms with van der Waals surface area (Å²) in [6.07, 6.45) is 0.279. The molecule has 66 valence electrons. The van der Waals surface area contributed by atoms with Crippen molar-refractivity contribution in [2.75, 3.05) is 0 Å². The van der Waals surface area contributed by atoms with Crippen molar-refractivity contribution in [2.45, 2.75) is 6.54 Å². The molecule has 0 aliphatic rings. The van der Waals surface area contributed by atoms with Crippen LogP contribution in [0, 0.1) is 11.3 Å². The number of nitrogens with one attached hydrogen (secondary N) is 1. The summed E-state index contributed by atoms with van der Waals surface area (Å²) in [4.78, 5) is 17.5. The highest BCUT2D eigenvalue weighted by molar-refractivity contribution is 5.64. The van der Waals surface area contributed by atoms with Crippen LogP contribution in [-0.4, -0.2) is 21.2 Å². The number of carbonyl (C=O) groups is 1. The summed E-state index contributed by atoms with van der Waals surface area (Å²) in [6.45, 7) is 0.0759. The zero-order valence-corrected chi connectivity index (χ0v) is 6.56. The lowest BCUT2D eigenvalue weighted by Crippen LogP contribution is -2.20. The second kappa shape index (κ2) is 4.01. The Balaban J connectivity index is 2.68. The second-order valence-electron chi connectivity index (χ2n) is 2.14. The predicted octanol–water partition coefficient (Wildman–Crippen LogP) is 0.116. The van der Waals surface area contributed by atoms with Crippen LogP contribution >= 0.6 is 0 Å². The van der Waals surface area contributed by atoms with Crippen LogP contribution in [-0.2, 0) is 6.54 Å². The lowest BCUT2D eigenvalue weighted by molar-refractivity contribution is 0.194. The molecule has 2 N–H and O–H groups in total. The molecule has 1 aromatic rings. The van der Waals surface area contributed by atoms with Crippen LogP contribution in [0.3, 0.4) is 0 Å². The van der Waals surface area contributed by atoms with E-state index in [4.69, 9.17) is 10.4 Å². The van der Waals surface area contributed by atoms with Gasteiger partial charge in [-0.15, -0.1) is 0 Å². The maximum atomic E-state index is 10.1. The number of hydrogen-bond donors (Lipinski definition) is 2. The number of hydrogen-bond acceptors (Lipinski definition) is 4. The standard InChI is InChI=1S/C7H6N4O2/c8-3-6-9-2-1-5(11-6)4-10-7(12)13/h1-2,10H,4H2,(H,12,13). The van der Waals surface area contributed by atoms with Crippen molar-refractivity contribution in [3.8, 4) is 6.07 Å². The summed E-state index contributed by atoms with van der Waals surface area (Å²) < 4.78 is 0. The van der Waals surface area contributed by atoms with Gasteiger partial charge < -0.3 is 10.4 Å². The molecule has 0 radical (unpaired) electrons. The van der Waals surface area contributed by atoms with Gasteiger partial charge in [-0.05, 0) is 6.07 Å². The van der Waals surface area contributed by atoms with Crippen molar-refractivity contribution >= 4 is 6.09 Å². The highest BCUT2D eigenvalue weighted by atomic mass is 16.4. The molecular formula is C7H6N4O2. The van der Waals surface area contributed by atoms with Gasteiger partial charge in [-0.3, -0.25) is 0 Å². The Morgan fingerprint density at radius 3 is 3.15 bits per heavy atom. The van der Waals surface area contributed by atoms with Gasteiger partial charge in [0, 0.05) is 6.20 Å². The summed E-state index contributed by atoms with van der Waals surface area (Å²) in [6, 6.07) is 3.30. The smallest absolute Gasteiger partial charge is 0.404 e. The third kappa shape index (κ3) is 2.75. The highest BCUT2D eigenvalue weighted by Gasteiger charge is 1.99. The predicted molar refractivity (Wildman–Crippen MR) is 41.6 cm³/mol. The zero-order valence-electron chi connectivity index (χ0n) is 6.56. The van der Waals surface area contributed by atoms with E-state index >= 15 is 0 Å². The molecule has 6 heteroatoms. The first-order chi connectivity index (χ1) is 6.22. The molecule has 0 saturated carbocycles. The molecule has 0 spiro atoms. The largest absolute Gasteiger partial charge is 0.465 e. The van der Waals surface area contributed by atoms with Crippen LogP contribution in [0.4, 0.5) is 4.79 Å². The van der Waals surface area contributed by atoms with Crippen molar-refractivity contribution in [1.82, 2.24) is 15.3 Å². The summed E-state index contributed by atoms with van der Waals surface area (Å²) in [7, 11) is 0. The molecule has 13 heavy (non-hydrogen) atoms. The normalized spacial score (nSPS) is 8.85. The molecule has 1 heterocycles. The fourth-order valence-electron chi connectivity index (χ4n) is 0.715. The van der Waals surface area contributed by atoms with Crippen molar-refractivity contribution in [3.05, 3.63) is 23.8 Å². The number of amides is 1. The molecule has 0 aliphatic heterocycles. The van der Waals surface area contributed by atoms with Crippen LogP contribution in [0.25, 0.3) is 0 Å². The monoisotopic (exact) mass is 178 g/mol. The fraction of sp³-hybridized carbons (Fsp3) is 0.143. The van der Waals surface area contributed by atoms with Gasteiger partial charge in [0.1, 0.15) is 6.07 Å². The van der Waals surface area contributed by atoms with E-state index in [1.165, 1.54) is 12.3 Å². The highest BCUT2D eigenvalue weighted by Crippen LogP contribution is 1.93. The molecule has 1 rings (SSSR count). The van der Waals surface area contributed by atoms with E-state index in [1.807, 2.05) is 0 Å². The van der Waals surface area contributed by atoms with E-state index in [9.17, 15) is 4.79 Å². The van der Waals surface area contributed by atoms with Crippen molar-refractivity contribution in [3.63, 3.8) is 0 Å². The minimum Gasteiger partial charge on any atom is -0.465 e. The lowest BCUT2D eigenvalue weighted by Gasteiger charge is -1.98. The van der Waals surface area contributed by atoms with Gasteiger partial charge in [0.05, 0.1) is 12.2 Å². The fourth-order valence-corrected chi connectivity index (χ4v) is 0.715. The molecule has 1 amide bonds. The van der Waals surface area contributed by atoms with E-state index in [1.54, 1.807) is 6.07 Å². The molecule has 0 bridgehead atoms. The molecule has 0 aromatic carbocycles. The van der Waals surface area contributed by atoms with Gasteiger partial charge >= 0.3 is 6.09 Å². The first-order valence-electron chi connectivity index (χ1n) is 3.41. The number of carboxylic acid groups (broad SMARTS) is 1. The molecule has 0 unspecified atom stereocenters. The Labute approximate surface area is 73.9 Å². The summed E-state index contributed by atoms with van der Waals surface area (Å²) in [5.74, 6) is 0.0321. The van der Waals surface area contributed by atoms with Gasteiger partial charge in [0.25, 0.3) is 0 Å². The summed E-state index contributed by atoms with van der Waals surface area (Å²) in [5, 5.41) is 18.8. The van der Waals surface area contributed by atoms with E-state index in [0.29, 0.717) is 5.69 Å². The maximum absolute atomic E-state index is 10.1. The number of nitrogens with zero attached hydrogens (tertiary/aromatic N) is 3. The Morgan fingerprint density at radius 2 is 2.54 bits per heavy atom. The molecule has 0 saturated heterocycles. The lowest BCUT2D eigenvalue weighted by atomic mass is 10.4. The Kier molecular flexibility index (Phi) is 2.76. The first kappa shape index (κ1) is 8.93. The minimum absolute atomic E-state index is 0.0321. The molecule has 6 nitrogen and oxygen atoms in total. The molecule has 0 fully saturated rings. The second-order valence-corrected chi connectivity index (χ2v) is 2.14. The van der Waals surface area contributed by atoms with E-state index in [-0.39, 0.29) is 12.4 Å². The Hall–Kier alpha value is -2.16. The third-order valence-electron chi connectivity index (χ3n) is 1.23. The quantitative estimate of drug-likeness (QED) is 0.669. The van der Waals surface area contributed by atoms with E-state index in [0.717, 1.165) is 0 Å². The van der Waals surface area contributed by atoms with Crippen LogP contribution in [0.1, 0.15) is 11.5 Å². The topological polar surface area (TPSA) is 98.9 Å². The van der Waals surface area contributed by atoms with Crippen LogP contribution in [0.2, 0.25) is 0 Å². The molecule has 1 aromatic heterocycles. The average Bonchev–Trinajstić information content (AvgIpc) is 2.15. The zero-order chi connectivity index (χ0) is 9.68. The van der Waals surface area contributed by atoms with E-state index in [2.05, 4.69) is 15.3 Å². The number of aromatic nitrogens is 2. The number of nitriles is 1. The molecule has 0 aliphatic carbocycles. The summed E-state index contributed by atoms with van der Waals surface area (Å²) in [5.41, 5.74) is 0.467. The maximum Gasteiger partial charge on any atom is 0.404 e. The van der Waals surface area contributed by atoms with Crippen LogP contribution < -0.4 is 5.32 Å². The average molecular weight is 178 g/mol. The van der Waals surface area contributed by atoms with Gasteiger partial charge in [-0.25, -0.2) is 14.8 Å². The third-order valence-corrected chi connectivity index (χ3v) is 1.23. The SMILES string of the molecule is N#Cc1nccc(CNC(=O)O)n1. The Morgan fingerprint density at radius 1 is 1.77 bits per heavy atom. The van der Waals surface area contributed by atoms with Crippen LogP contribution in [0.5, 0.6) is 0 Å². The summed E-state index contributed by atoms with van der Waals surface area (Å²) >= 11 is 0. The van der Waals surface area contributed by atoms with Gasteiger partial charge in [0.2, 0.25) is 5.82 Å². The van der Waals surface area contributed by atoms with Crippen molar-refractivity contribution in [2.24, 2.45) is 0 Å². The first-order valence-corrected chi connectivity index (χ1v) is 3.41. The van der Waals surface area contributed by atoms with Gasteiger partial charge in [-0.1, -0.05) is 0 Å². The molecule has 0 atom stereocenters. The number of rotatable bonds is 2. The van der Waals surface area contributed by atoms with Crippen LogP contribution in [0.15, 0.2) is 12.3 Å². The molecular weight excluding hydrogens is 172 g/mol. The van der Waals surface area contributed by atoms with Gasteiger partial charge in [0.15, 0.2) is 0 Å². The van der Waals surface area contributed by atoms with Crippen molar-refractivity contribution in [1.29, 1.82) is 5.26 Å².